The van der Waals surface area contributed by atoms with Gasteiger partial charge >= 0.3 is 12.2 Å². The van der Waals surface area contributed by atoms with Gasteiger partial charge in [-0.15, -0.1) is 0 Å². The lowest BCUT2D eigenvalue weighted by Gasteiger charge is -2.37. The van der Waals surface area contributed by atoms with E-state index < -0.39 is 0 Å². The van der Waals surface area contributed by atoms with Gasteiger partial charge in [-0.1, -0.05) is 0 Å². The van der Waals surface area contributed by atoms with Gasteiger partial charge in [0.1, 0.15) is 0 Å². The van der Waals surface area contributed by atoms with Crippen molar-refractivity contribution in [2.45, 2.75) is 63.5 Å². The average molecular weight is 312 g/mol. The average Bonchev–Trinajstić information content (AvgIpc) is 2.56. The number of rotatable bonds is 3. The summed E-state index contributed by atoms with van der Waals surface area (Å²) in [6.45, 7) is 0. The maximum absolute atomic E-state index is 11.2. The number of hydrogen-bond donors (Lipinski definition) is 2. The number of carbonyl (C=O) groups excluding carboxylic acids is 2. The van der Waals surface area contributed by atoms with Crippen LogP contribution in [0.4, 0.5) is 9.59 Å². The molecule has 126 valence electrons. The SMILES string of the molecule is COC(=O)NC1CCC(C2CCC(NC(=O)OC)CC2)CC1. The summed E-state index contributed by atoms with van der Waals surface area (Å²) >= 11 is 0. The fraction of sp³-hybridized carbons (Fsp3) is 0.875. The third-order valence-corrected chi connectivity index (χ3v) is 5.23. The molecular weight excluding hydrogens is 284 g/mol. The van der Waals surface area contributed by atoms with Gasteiger partial charge in [-0.3, -0.25) is 0 Å². The number of methoxy groups -OCH3 is 2. The summed E-state index contributed by atoms with van der Waals surface area (Å²) in [5.41, 5.74) is 0. The van der Waals surface area contributed by atoms with Crippen LogP contribution in [0.1, 0.15) is 51.4 Å². The molecule has 0 heterocycles. The number of alkyl carbamates (subject to hydrolysis) is 2. The molecular formula is C16H28N2O4. The highest BCUT2D eigenvalue weighted by atomic mass is 16.5. The summed E-state index contributed by atoms with van der Waals surface area (Å²) in [6, 6.07) is 0.530. The Morgan fingerprint density at radius 2 is 1.00 bits per heavy atom. The van der Waals surface area contributed by atoms with Gasteiger partial charge in [0, 0.05) is 12.1 Å². The van der Waals surface area contributed by atoms with E-state index in [1.54, 1.807) is 0 Å². The minimum atomic E-state index is -0.321. The first kappa shape index (κ1) is 16.9. The largest absolute Gasteiger partial charge is 0.453 e. The van der Waals surface area contributed by atoms with Gasteiger partial charge in [0.05, 0.1) is 14.2 Å². The molecule has 2 aliphatic rings. The fourth-order valence-electron chi connectivity index (χ4n) is 3.92. The normalized spacial score (nSPS) is 31.9. The van der Waals surface area contributed by atoms with E-state index in [-0.39, 0.29) is 24.3 Å². The van der Waals surface area contributed by atoms with Crippen LogP contribution in [0.25, 0.3) is 0 Å². The van der Waals surface area contributed by atoms with E-state index in [1.807, 2.05) is 0 Å². The lowest BCUT2D eigenvalue weighted by atomic mass is 9.71. The van der Waals surface area contributed by atoms with Crippen molar-refractivity contribution in [1.82, 2.24) is 10.6 Å². The first-order chi connectivity index (χ1) is 10.6. The van der Waals surface area contributed by atoms with Gasteiger partial charge < -0.3 is 20.1 Å². The fourth-order valence-corrected chi connectivity index (χ4v) is 3.92. The zero-order chi connectivity index (χ0) is 15.9. The minimum Gasteiger partial charge on any atom is -0.453 e. The van der Waals surface area contributed by atoms with E-state index in [9.17, 15) is 9.59 Å². The Morgan fingerprint density at radius 1 is 0.682 bits per heavy atom. The van der Waals surface area contributed by atoms with Crippen LogP contribution < -0.4 is 10.6 Å². The Labute approximate surface area is 132 Å². The third kappa shape index (κ3) is 4.78. The predicted octanol–water partition coefficient (Wildman–Crippen LogP) is 2.82. The van der Waals surface area contributed by atoms with Gasteiger partial charge in [0.2, 0.25) is 0 Å². The Balaban J connectivity index is 1.68. The Hall–Kier alpha value is -1.46. The topological polar surface area (TPSA) is 76.7 Å². The Bertz CT molecular complexity index is 336. The molecule has 2 fully saturated rings. The van der Waals surface area contributed by atoms with Crippen LogP contribution in [0.2, 0.25) is 0 Å². The lowest BCUT2D eigenvalue weighted by Crippen LogP contribution is -2.41. The molecule has 0 unspecified atom stereocenters. The van der Waals surface area contributed by atoms with Gasteiger partial charge in [0.15, 0.2) is 0 Å². The Kier molecular flexibility index (Phi) is 6.34. The van der Waals surface area contributed by atoms with Crippen molar-refractivity contribution in [3.63, 3.8) is 0 Å². The van der Waals surface area contributed by atoms with Crippen molar-refractivity contribution in [3.05, 3.63) is 0 Å². The second kappa shape index (κ2) is 8.25. The summed E-state index contributed by atoms with van der Waals surface area (Å²) in [5.74, 6) is 1.52. The first-order valence-electron chi connectivity index (χ1n) is 8.31. The van der Waals surface area contributed by atoms with E-state index in [0.717, 1.165) is 37.5 Å². The summed E-state index contributed by atoms with van der Waals surface area (Å²) in [4.78, 5) is 22.5. The van der Waals surface area contributed by atoms with Crippen LogP contribution in [-0.2, 0) is 9.47 Å². The molecule has 6 nitrogen and oxygen atoms in total. The van der Waals surface area contributed by atoms with Gasteiger partial charge in [-0.25, -0.2) is 9.59 Å². The summed E-state index contributed by atoms with van der Waals surface area (Å²) in [7, 11) is 2.81. The van der Waals surface area contributed by atoms with Gasteiger partial charge in [-0.05, 0) is 63.2 Å². The second-order valence-electron chi connectivity index (χ2n) is 6.50. The zero-order valence-corrected chi connectivity index (χ0v) is 13.6. The number of ether oxygens (including phenoxy) is 2. The standard InChI is InChI=1S/C16H28N2O4/c1-21-15(19)17-13-7-3-11(4-8-13)12-5-9-14(10-6-12)18-16(20)22-2/h11-14H,3-10H2,1-2H3,(H,17,19)(H,18,20). The molecule has 2 aliphatic carbocycles. The highest BCUT2D eigenvalue weighted by Crippen LogP contribution is 2.38. The van der Waals surface area contributed by atoms with Crippen molar-refractivity contribution in [3.8, 4) is 0 Å². The van der Waals surface area contributed by atoms with E-state index in [0.29, 0.717) is 0 Å². The molecule has 0 bridgehead atoms. The van der Waals surface area contributed by atoms with Crippen LogP contribution >= 0.6 is 0 Å². The third-order valence-electron chi connectivity index (χ3n) is 5.23. The van der Waals surface area contributed by atoms with E-state index in [4.69, 9.17) is 0 Å². The molecule has 2 N–H and O–H groups in total. The molecule has 0 aromatic rings. The molecule has 0 aliphatic heterocycles. The summed E-state index contributed by atoms with van der Waals surface area (Å²) in [6.07, 6.45) is 8.22. The maximum Gasteiger partial charge on any atom is 0.407 e. The molecule has 22 heavy (non-hydrogen) atoms. The zero-order valence-electron chi connectivity index (χ0n) is 13.6. The second-order valence-corrected chi connectivity index (χ2v) is 6.50. The van der Waals surface area contributed by atoms with Crippen molar-refractivity contribution in [2.24, 2.45) is 11.8 Å². The van der Waals surface area contributed by atoms with E-state index in [1.165, 1.54) is 39.9 Å². The summed E-state index contributed by atoms with van der Waals surface area (Å²) < 4.78 is 9.31. The lowest BCUT2D eigenvalue weighted by molar-refractivity contribution is 0.136. The molecule has 2 saturated carbocycles. The maximum atomic E-state index is 11.2. The van der Waals surface area contributed by atoms with Crippen LogP contribution in [0, 0.1) is 11.8 Å². The molecule has 2 rings (SSSR count). The minimum absolute atomic E-state index is 0.265. The van der Waals surface area contributed by atoms with Gasteiger partial charge in [0.25, 0.3) is 0 Å². The molecule has 0 aromatic heterocycles. The smallest absolute Gasteiger partial charge is 0.407 e. The predicted molar refractivity (Wildman–Crippen MR) is 82.6 cm³/mol. The van der Waals surface area contributed by atoms with Crippen LogP contribution in [0.15, 0.2) is 0 Å². The molecule has 6 heteroatoms. The monoisotopic (exact) mass is 312 g/mol. The van der Waals surface area contributed by atoms with Gasteiger partial charge in [-0.2, -0.15) is 0 Å². The number of nitrogens with one attached hydrogen (secondary N) is 2. The highest BCUT2D eigenvalue weighted by Gasteiger charge is 2.31. The molecule has 0 radical (unpaired) electrons. The van der Waals surface area contributed by atoms with Crippen molar-refractivity contribution < 1.29 is 19.1 Å². The van der Waals surface area contributed by atoms with Crippen LogP contribution in [-0.4, -0.2) is 38.5 Å². The van der Waals surface area contributed by atoms with Crippen LogP contribution in [0.3, 0.4) is 0 Å². The highest BCUT2D eigenvalue weighted by molar-refractivity contribution is 5.67. The summed E-state index contributed by atoms with van der Waals surface area (Å²) in [5, 5.41) is 5.81. The van der Waals surface area contributed by atoms with Crippen molar-refractivity contribution >= 4 is 12.2 Å². The molecule has 0 spiro atoms. The van der Waals surface area contributed by atoms with Crippen molar-refractivity contribution in [2.75, 3.05) is 14.2 Å². The van der Waals surface area contributed by atoms with Crippen molar-refractivity contribution in [1.29, 1.82) is 0 Å². The molecule has 0 atom stereocenters. The quantitative estimate of drug-likeness (QED) is 0.840. The molecule has 0 aromatic carbocycles. The molecule has 2 amide bonds. The Morgan fingerprint density at radius 3 is 1.27 bits per heavy atom. The number of hydrogen-bond acceptors (Lipinski definition) is 4. The number of carbonyl (C=O) groups is 2. The first-order valence-corrected chi connectivity index (χ1v) is 8.31. The van der Waals surface area contributed by atoms with E-state index >= 15 is 0 Å². The number of amides is 2. The van der Waals surface area contributed by atoms with Crippen LogP contribution in [0.5, 0.6) is 0 Å². The molecule has 0 saturated heterocycles. The van der Waals surface area contributed by atoms with E-state index in [2.05, 4.69) is 20.1 Å².